The number of rotatable bonds is 2. The first-order valence-corrected chi connectivity index (χ1v) is 7.95. The number of aromatic nitrogens is 1. The second-order valence-corrected chi connectivity index (χ2v) is 6.43. The Labute approximate surface area is 147 Å². The van der Waals surface area contributed by atoms with Crippen LogP contribution in [0.1, 0.15) is 16.3 Å². The third kappa shape index (κ3) is 2.69. The van der Waals surface area contributed by atoms with Crippen molar-refractivity contribution in [3.63, 3.8) is 0 Å². The molecule has 2 aromatic heterocycles. The van der Waals surface area contributed by atoms with Crippen molar-refractivity contribution < 1.29 is 22.7 Å². The van der Waals surface area contributed by atoms with Gasteiger partial charge < -0.3 is 15.4 Å². The summed E-state index contributed by atoms with van der Waals surface area (Å²) in [7, 11) is 0. The van der Waals surface area contributed by atoms with Crippen molar-refractivity contribution in [1.29, 1.82) is 0 Å². The molecule has 0 aliphatic rings. The molecule has 0 saturated heterocycles. The van der Waals surface area contributed by atoms with Crippen molar-refractivity contribution >= 4 is 28.0 Å². The summed E-state index contributed by atoms with van der Waals surface area (Å²) in [6, 6.07) is 1.12. The molecule has 2 heterocycles. The molecule has 0 aliphatic carbocycles. The lowest BCUT2D eigenvalue weighted by Crippen LogP contribution is -2.20. The molecule has 136 valence electrons. The summed E-state index contributed by atoms with van der Waals surface area (Å²) in [6.07, 6.45) is -4.89. The summed E-state index contributed by atoms with van der Waals surface area (Å²) in [5.74, 6) is 3.02. The van der Waals surface area contributed by atoms with Gasteiger partial charge in [-0.25, -0.2) is 4.98 Å². The highest BCUT2D eigenvalue weighted by molar-refractivity contribution is 7.09. The van der Waals surface area contributed by atoms with Gasteiger partial charge in [0.2, 0.25) is 5.76 Å². The van der Waals surface area contributed by atoms with E-state index in [2.05, 4.69) is 15.3 Å². The van der Waals surface area contributed by atoms with E-state index in [0.717, 1.165) is 17.4 Å². The molecular formula is C15H10F3N4O3S-. The van der Waals surface area contributed by atoms with E-state index in [1.54, 1.807) is 6.92 Å². The molecule has 0 amide bonds. The van der Waals surface area contributed by atoms with Crippen LogP contribution in [0, 0.1) is 18.8 Å². The number of alkyl halides is 3. The molecule has 0 radical (unpaired) electrons. The lowest BCUT2D eigenvalue weighted by molar-refractivity contribution is -0.264. The van der Waals surface area contributed by atoms with Gasteiger partial charge in [0.15, 0.2) is 0 Å². The topological polar surface area (TPSA) is 117 Å². The Balaban J connectivity index is 2.61. The van der Waals surface area contributed by atoms with E-state index in [0.29, 0.717) is 5.01 Å². The lowest BCUT2D eigenvalue weighted by Gasteiger charge is -2.18. The third-order valence-electron chi connectivity index (χ3n) is 3.68. The molecule has 3 aromatic rings. The minimum absolute atomic E-state index is 0.0783. The molecule has 2 N–H and O–H groups in total. The summed E-state index contributed by atoms with van der Waals surface area (Å²) in [4.78, 5) is 15.0. The van der Waals surface area contributed by atoms with Gasteiger partial charge in [-0.3, -0.25) is 0 Å². The number of thiazole rings is 1. The molecule has 0 saturated carbocycles. The van der Waals surface area contributed by atoms with E-state index in [-0.39, 0.29) is 16.6 Å². The molecule has 0 bridgehead atoms. The fraction of sp³-hybridized carbons (Fsp3) is 0.200. The maximum Gasteiger partial charge on any atom is 0.450 e. The van der Waals surface area contributed by atoms with Gasteiger partial charge in [0.1, 0.15) is 16.6 Å². The number of fused-ring (bicyclic) bond motifs is 1. The van der Waals surface area contributed by atoms with Crippen molar-refractivity contribution in [1.82, 2.24) is 4.98 Å². The Morgan fingerprint density at radius 2 is 2.04 bits per heavy atom. The van der Waals surface area contributed by atoms with Crippen LogP contribution in [0.2, 0.25) is 0 Å². The average molecular weight is 383 g/mol. The number of hydrogen-bond acceptors (Lipinski definition) is 8. The molecule has 11 heteroatoms. The minimum atomic E-state index is -4.89. The summed E-state index contributed by atoms with van der Waals surface area (Å²) >= 11 is 1.11. The van der Waals surface area contributed by atoms with Crippen LogP contribution < -0.4 is 16.3 Å². The zero-order valence-corrected chi connectivity index (χ0v) is 14.2. The highest BCUT2D eigenvalue weighted by atomic mass is 32.1. The van der Waals surface area contributed by atoms with Gasteiger partial charge in [-0.15, -0.1) is 16.2 Å². The molecule has 1 aromatic carbocycles. The SMILES string of the molecule is Cc1nc(-c2c(C(F)(F)F)oc3cc(C)c(N=O)c([O-])c3c2=NN)cs1. The average Bonchev–Trinajstić information content (AvgIpc) is 2.98. The van der Waals surface area contributed by atoms with Crippen molar-refractivity contribution in [2.45, 2.75) is 20.0 Å². The first-order valence-electron chi connectivity index (χ1n) is 7.07. The smallest absolute Gasteiger partial charge is 0.450 e. The van der Waals surface area contributed by atoms with E-state index in [4.69, 9.17) is 10.3 Å². The largest absolute Gasteiger partial charge is 0.870 e. The van der Waals surface area contributed by atoms with E-state index in [9.17, 15) is 23.2 Å². The molecule has 7 nitrogen and oxygen atoms in total. The van der Waals surface area contributed by atoms with Crippen molar-refractivity contribution in [3.05, 3.63) is 38.0 Å². The molecule has 0 unspecified atom stereocenters. The van der Waals surface area contributed by atoms with Gasteiger partial charge in [0.05, 0.1) is 16.3 Å². The molecular weight excluding hydrogens is 373 g/mol. The maximum atomic E-state index is 13.6. The second kappa shape index (κ2) is 6.09. The molecule has 0 spiro atoms. The first kappa shape index (κ1) is 17.9. The Morgan fingerprint density at radius 1 is 1.35 bits per heavy atom. The Hall–Kier alpha value is -2.95. The maximum absolute atomic E-state index is 13.6. The zero-order chi connectivity index (χ0) is 19.2. The number of nitrogens with two attached hydrogens (primary N) is 1. The summed E-state index contributed by atoms with van der Waals surface area (Å²) in [5, 5.41) is 19.6. The molecule has 26 heavy (non-hydrogen) atoms. The minimum Gasteiger partial charge on any atom is -0.870 e. The summed E-state index contributed by atoms with van der Waals surface area (Å²) < 4.78 is 45.8. The van der Waals surface area contributed by atoms with E-state index in [1.165, 1.54) is 12.3 Å². The Bertz CT molecular complexity index is 1100. The Morgan fingerprint density at radius 3 is 2.54 bits per heavy atom. The van der Waals surface area contributed by atoms with Gasteiger partial charge in [-0.05, 0) is 30.7 Å². The van der Waals surface area contributed by atoms with Crippen LogP contribution >= 0.6 is 11.3 Å². The molecule has 0 aliphatic heterocycles. The quantitative estimate of drug-likeness (QED) is 0.413. The second-order valence-electron chi connectivity index (χ2n) is 5.37. The molecule has 3 rings (SSSR count). The number of nitroso groups, excluding NO2 is 1. The van der Waals surface area contributed by atoms with Crippen molar-refractivity contribution in [3.8, 4) is 17.0 Å². The van der Waals surface area contributed by atoms with Crippen LogP contribution in [0.3, 0.4) is 0 Å². The van der Waals surface area contributed by atoms with E-state index in [1.807, 2.05) is 0 Å². The van der Waals surface area contributed by atoms with Crippen LogP contribution in [0.4, 0.5) is 18.9 Å². The number of aryl methyl sites for hydroxylation is 2. The number of halogens is 3. The standard InChI is InChI=1S/C15H11F3N4O3S/c1-5-3-8-10(13(23)11(5)22-24)12(21-19)9(7-4-26-6(2)20-7)14(25-8)15(16,17)18/h3-4,23H,19H2,1-2H3/p-1. The fourth-order valence-corrected chi connectivity index (χ4v) is 3.21. The third-order valence-corrected chi connectivity index (χ3v) is 4.45. The predicted octanol–water partition coefficient (Wildman–Crippen LogP) is 3.44. The highest BCUT2D eigenvalue weighted by Crippen LogP contribution is 2.41. The first-order chi connectivity index (χ1) is 12.2. The van der Waals surface area contributed by atoms with Gasteiger partial charge >= 0.3 is 6.18 Å². The number of benzene rings is 1. The molecule has 0 atom stereocenters. The van der Waals surface area contributed by atoms with Crippen LogP contribution in [0.5, 0.6) is 5.75 Å². The van der Waals surface area contributed by atoms with Gasteiger partial charge in [-0.1, -0.05) is 5.75 Å². The van der Waals surface area contributed by atoms with Gasteiger partial charge in [0.25, 0.3) is 0 Å². The fourth-order valence-electron chi connectivity index (χ4n) is 2.60. The number of hydrogen-bond donors (Lipinski definition) is 1. The van der Waals surface area contributed by atoms with Gasteiger partial charge in [0, 0.05) is 10.8 Å². The Kier molecular flexibility index (Phi) is 4.18. The monoisotopic (exact) mass is 383 g/mol. The zero-order valence-electron chi connectivity index (χ0n) is 13.3. The van der Waals surface area contributed by atoms with E-state index < -0.39 is 39.9 Å². The van der Waals surface area contributed by atoms with Crippen LogP contribution in [-0.4, -0.2) is 4.98 Å². The summed E-state index contributed by atoms with van der Waals surface area (Å²) in [6.45, 7) is 2.97. The lowest BCUT2D eigenvalue weighted by atomic mass is 10.0. The molecule has 0 fully saturated rings. The predicted molar refractivity (Wildman–Crippen MR) is 86.4 cm³/mol. The van der Waals surface area contributed by atoms with Crippen molar-refractivity contribution in [2.24, 2.45) is 16.1 Å². The van der Waals surface area contributed by atoms with Gasteiger partial charge in [-0.2, -0.15) is 18.3 Å². The van der Waals surface area contributed by atoms with Crippen LogP contribution in [0.15, 0.2) is 26.1 Å². The summed E-state index contributed by atoms with van der Waals surface area (Å²) in [5.41, 5.74) is -1.41. The highest BCUT2D eigenvalue weighted by Gasteiger charge is 2.39. The van der Waals surface area contributed by atoms with Crippen LogP contribution in [-0.2, 0) is 6.18 Å². The van der Waals surface area contributed by atoms with E-state index >= 15 is 0 Å². The van der Waals surface area contributed by atoms with Crippen molar-refractivity contribution in [2.75, 3.05) is 0 Å². The van der Waals surface area contributed by atoms with Crippen LogP contribution in [0.25, 0.3) is 22.2 Å². The normalized spacial score (nSPS) is 12.7. The number of nitrogens with zero attached hydrogens (tertiary/aromatic N) is 3.